The van der Waals surface area contributed by atoms with Gasteiger partial charge in [-0.3, -0.25) is 0 Å². The minimum Gasteiger partial charge on any atom is -0.486 e. The highest BCUT2D eigenvalue weighted by Crippen LogP contribution is 2.35. The largest absolute Gasteiger partial charge is 0.486 e. The van der Waals surface area contributed by atoms with Gasteiger partial charge in [0.1, 0.15) is 13.2 Å². The van der Waals surface area contributed by atoms with Gasteiger partial charge in [-0.15, -0.1) is 11.8 Å². The monoisotopic (exact) mass is 316 g/mol. The van der Waals surface area contributed by atoms with Gasteiger partial charge >= 0.3 is 5.97 Å². The highest BCUT2D eigenvalue weighted by atomic mass is 32.2. The van der Waals surface area contributed by atoms with Crippen LogP contribution in [0, 0.1) is 0 Å². The third-order valence-electron chi connectivity index (χ3n) is 3.29. The molecule has 22 heavy (non-hydrogen) atoms. The molecule has 1 heterocycles. The van der Waals surface area contributed by atoms with E-state index in [9.17, 15) is 4.79 Å². The number of esters is 1. The Bertz CT molecular complexity index is 667. The van der Waals surface area contributed by atoms with Gasteiger partial charge in [0.2, 0.25) is 0 Å². The third kappa shape index (κ3) is 3.36. The fourth-order valence-corrected chi connectivity index (χ4v) is 3.02. The van der Waals surface area contributed by atoms with Crippen LogP contribution in [0.4, 0.5) is 0 Å². The maximum atomic E-state index is 11.4. The maximum absolute atomic E-state index is 11.4. The van der Waals surface area contributed by atoms with Crippen LogP contribution in [0.5, 0.6) is 11.5 Å². The van der Waals surface area contributed by atoms with E-state index in [0.29, 0.717) is 18.8 Å². The van der Waals surface area contributed by atoms with Crippen LogP contribution in [0.3, 0.4) is 0 Å². The number of fused-ring (bicyclic) bond motifs is 1. The predicted molar refractivity (Wildman–Crippen MR) is 84.8 cm³/mol. The first-order valence-electron chi connectivity index (χ1n) is 6.96. The van der Waals surface area contributed by atoms with Crippen molar-refractivity contribution in [1.82, 2.24) is 0 Å². The first-order chi connectivity index (χ1) is 10.8. The van der Waals surface area contributed by atoms with Crippen molar-refractivity contribution in [2.45, 2.75) is 10.6 Å². The van der Waals surface area contributed by atoms with E-state index in [-0.39, 0.29) is 5.97 Å². The van der Waals surface area contributed by atoms with Crippen LogP contribution in [0.2, 0.25) is 0 Å². The number of thioether (sulfide) groups is 1. The molecule has 0 N–H and O–H groups in total. The standard InChI is InChI=1S/C17H16O4S/c1-19-17(18)13-4-2-12(3-5-13)11-22-14-6-7-15-16(10-14)21-9-8-20-15/h2-7,10H,8-9,11H2,1H3. The van der Waals surface area contributed by atoms with Gasteiger partial charge in [-0.05, 0) is 35.9 Å². The lowest BCUT2D eigenvalue weighted by Crippen LogP contribution is -2.15. The molecule has 0 amide bonds. The molecule has 5 heteroatoms. The van der Waals surface area contributed by atoms with Crippen molar-refractivity contribution in [2.24, 2.45) is 0 Å². The Morgan fingerprint density at radius 2 is 1.82 bits per heavy atom. The van der Waals surface area contributed by atoms with E-state index in [4.69, 9.17) is 9.47 Å². The van der Waals surface area contributed by atoms with Gasteiger partial charge in [-0.25, -0.2) is 4.79 Å². The Kier molecular flexibility index (Phi) is 4.53. The molecule has 3 rings (SSSR count). The number of benzene rings is 2. The van der Waals surface area contributed by atoms with E-state index >= 15 is 0 Å². The van der Waals surface area contributed by atoms with Crippen molar-refractivity contribution in [3.8, 4) is 11.5 Å². The smallest absolute Gasteiger partial charge is 0.337 e. The van der Waals surface area contributed by atoms with Gasteiger partial charge in [-0.2, -0.15) is 0 Å². The maximum Gasteiger partial charge on any atom is 0.337 e. The zero-order chi connectivity index (χ0) is 15.4. The average Bonchev–Trinajstić information content (AvgIpc) is 2.59. The summed E-state index contributed by atoms with van der Waals surface area (Å²) in [5.41, 5.74) is 1.71. The van der Waals surface area contributed by atoms with E-state index in [2.05, 4.69) is 4.74 Å². The van der Waals surface area contributed by atoms with Gasteiger partial charge in [-0.1, -0.05) is 12.1 Å². The Balaban J connectivity index is 1.63. The number of ether oxygens (including phenoxy) is 3. The first-order valence-corrected chi connectivity index (χ1v) is 7.94. The molecular weight excluding hydrogens is 300 g/mol. The second-order valence-corrected chi connectivity index (χ2v) is 5.83. The number of hydrogen-bond acceptors (Lipinski definition) is 5. The molecule has 0 saturated heterocycles. The number of hydrogen-bond donors (Lipinski definition) is 0. The van der Waals surface area contributed by atoms with E-state index in [1.54, 1.807) is 23.9 Å². The SMILES string of the molecule is COC(=O)c1ccc(CSc2ccc3c(c2)OCCO3)cc1. The molecule has 0 radical (unpaired) electrons. The van der Waals surface area contributed by atoms with Crippen molar-refractivity contribution in [2.75, 3.05) is 20.3 Å². The van der Waals surface area contributed by atoms with Crippen LogP contribution in [-0.4, -0.2) is 26.3 Å². The van der Waals surface area contributed by atoms with Gasteiger partial charge in [0.25, 0.3) is 0 Å². The van der Waals surface area contributed by atoms with Gasteiger partial charge in [0.05, 0.1) is 12.7 Å². The molecule has 2 aromatic rings. The van der Waals surface area contributed by atoms with Gasteiger partial charge < -0.3 is 14.2 Å². The van der Waals surface area contributed by atoms with Gasteiger partial charge in [0, 0.05) is 10.6 Å². The molecular formula is C17H16O4S. The zero-order valence-electron chi connectivity index (χ0n) is 12.2. The fraction of sp³-hybridized carbons (Fsp3) is 0.235. The summed E-state index contributed by atoms with van der Waals surface area (Å²) in [6.07, 6.45) is 0. The minimum atomic E-state index is -0.314. The molecule has 0 aliphatic carbocycles. The molecule has 0 fully saturated rings. The summed E-state index contributed by atoms with van der Waals surface area (Å²) in [4.78, 5) is 12.5. The molecule has 2 aromatic carbocycles. The molecule has 0 spiro atoms. The zero-order valence-corrected chi connectivity index (χ0v) is 13.0. The van der Waals surface area contributed by atoms with Crippen LogP contribution < -0.4 is 9.47 Å². The van der Waals surface area contributed by atoms with E-state index in [1.165, 1.54) is 7.11 Å². The highest BCUT2D eigenvalue weighted by molar-refractivity contribution is 7.98. The number of methoxy groups -OCH3 is 1. The number of carbonyl (C=O) groups is 1. The number of rotatable bonds is 4. The normalized spacial score (nSPS) is 12.8. The van der Waals surface area contributed by atoms with Crippen LogP contribution in [0.1, 0.15) is 15.9 Å². The quantitative estimate of drug-likeness (QED) is 0.638. The highest BCUT2D eigenvalue weighted by Gasteiger charge is 2.12. The molecule has 1 aliphatic heterocycles. The fourth-order valence-electron chi connectivity index (χ4n) is 2.14. The summed E-state index contributed by atoms with van der Waals surface area (Å²) in [6, 6.07) is 13.4. The molecule has 4 nitrogen and oxygen atoms in total. The predicted octanol–water partition coefficient (Wildman–Crippen LogP) is 3.54. The van der Waals surface area contributed by atoms with E-state index in [1.807, 2.05) is 30.3 Å². The first kappa shape index (κ1) is 14.8. The molecule has 0 saturated carbocycles. The summed E-state index contributed by atoms with van der Waals surface area (Å²) in [6.45, 7) is 1.20. The summed E-state index contributed by atoms with van der Waals surface area (Å²) in [5.74, 6) is 2.11. The Morgan fingerprint density at radius 3 is 2.55 bits per heavy atom. The van der Waals surface area contributed by atoms with Crippen molar-refractivity contribution >= 4 is 17.7 Å². The molecule has 0 unspecified atom stereocenters. The average molecular weight is 316 g/mol. The van der Waals surface area contributed by atoms with Gasteiger partial charge in [0.15, 0.2) is 11.5 Å². The lowest BCUT2D eigenvalue weighted by molar-refractivity contribution is 0.0600. The second kappa shape index (κ2) is 6.75. The van der Waals surface area contributed by atoms with Crippen LogP contribution in [0.25, 0.3) is 0 Å². The summed E-state index contributed by atoms with van der Waals surface area (Å²) >= 11 is 1.71. The van der Waals surface area contributed by atoms with Crippen molar-refractivity contribution < 1.29 is 19.0 Å². The van der Waals surface area contributed by atoms with E-state index < -0.39 is 0 Å². The van der Waals surface area contributed by atoms with Crippen LogP contribution in [-0.2, 0) is 10.5 Å². The third-order valence-corrected chi connectivity index (χ3v) is 4.36. The summed E-state index contributed by atoms with van der Waals surface area (Å²) in [7, 11) is 1.38. The van der Waals surface area contributed by atoms with Crippen LogP contribution >= 0.6 is 11.8 Å². The number of carbonyl (C=O) groups excluding carboxylic acids is 1. The minimum absolute atomic E-state index is 0.314. The molecule has 0 bridgehead atoms. The second-order valence-electron chi connectivity index (χ2n) is 4.78. The van der Waals surface area contributed by atoms with Crippen molar-refractivity contribution in [3.05, 3.63) is 53.6 Å². The molecule has 1 aliphatic rings. The molecule has 0 atom stereocenters. The Morgan fingerprint density at radius 1 is 1.09 bits per heavy atom. The lowest BCUT2D eigenvalue weighted by Gasteiger charge is -2.18. The lowest BCUT2D eigenvalue weighted by atomic mass is 10.1. The Labute approximate surface area is 133 Å². The van der Waals surface area contributed by atoms with E-state index in [0.717, 1.165) is 27.7 Å². The van der Waals surface area contributed by atoms with Crippen molar-refractivity contribution in [3.63, 3.8) is 0 Å². The van der Waals surface area contributed by atoms with Crippen molar-refractivity contribution in [1.29, 1.82) is 0 Å². The molecule has 0 aromatic heterocycles. The Hall–Kier alpha value is -2.14. The summed E-state index contributed by atoms with van der Waals surface area (Å²) < 4.78 is 15.8. The summed E-state index contributed by atoms with van der Waals surface area (Å²) in [5, 5.41) is 0. The molecule has 114 valence electrons. The topological polar surface area (TPSA) is 44.8 Å². The van der Waals surface area contributed by atoms with Crippen LogP contribution in [0.15, 0.2) is 47.4 Å².